The van der Waals surface area contributed by atoms with E-state index < -0.39 is 0 Å². The second kappa shape index (κ2) is 5.80. The van der Waals surface area contributed by atoms with Gasteiger partial charge in [-0.1, -0.05) is 0 Å². The zero-order valence-electron chi connectivity index (χ0n) is 9.58. The smallest absolute Gasteiger partial charge is 0.0700 e. The van der Waals surface area contributed by atoms with Crippen molar-refractivity contribution in [2.24, 2.45) is 11.8 Å². The van der Waals surface area contributed by atoms with E-state index in [0.717, 1.165) is 31.6 Å². The molecule has 0 aromatic rings. The third-order valence-corrected chi connectivity index (χ3v) is 3.45. The molecule has 2 rings (SSSR count). The second-order valence-corrected chi connectivity index (χ2v) is 4.54. The molecule has 0 radical (unpaired) electrons. The van der Waals surface area contributed by atoms with E-state index in [4.69, 9.17) is 9.47 Å². The SMILES string of the molecule is COCCOCCN1CC2CNCC2C1. The van der Waals surface area contributed by atoms with Crippen LogP contribution in [-0.4, -0.2) is 64.6 Å². The zero-order chi connectivity index (χ0) is 10.5. The van der Waals surface area contributed by atoms with Gasteiger partial charge in [0.25, 0.3) is 0 Å². The molecule has 0 amide bonds. The quantitative estimate of drug-likeness (QED) is 0.621. The number of rotatable bonds is 6. The minimum Gasteiger partial charge on any atom is -0.382 e. The third kappa shape index (κ3) is 3.14. The summed E-state index contributed by atoms with van der Waals surface area (Å²) in [6.07, 6.45) is 0. The van der Waals surface area contributed by atoms with Crippen LogP contribution in [0.25, 0.3) is 0 Å². The van der Waals surface area contributed by atoms with E-state index >= 15 is 0 Å². The maximum absolute atomic E-state index is 5.48. The molecule has 2 heterocycles. The van der Waals surface area contributed by atoms with Gasteiger partial charge in [0.2, 0.25) is 0 Å². The first-order valence-electron chi connectivity index (χ1n) is 5.90. The molecule has 0 bridgehead atoms. The van der Waals surface area contributed by atoms with Gasteiger partial charge >= 0.3 is 0 Å². The highest BCUT2D eigenvalue weighted by molar-refractivity contribution is 4.90. The minimum absolute atomic E-state index is 0.704. The second-order valence-electron chi connectivity index (χ2n) is 4.54. The predicted molar refractivity (Wildman–Crippen MR) is 59.0 cm³/mol. The normalized spacial score (nSPS) is 31.0. The van der Waals surface area contributed by atoms with Crippen molar-refractivity contribution in [3.63, 3.8) is 0 Å². The van der Waals surface area contributed by atoms with Crippen LogP contribution in [0.3, 0.4) is 0 Å². The monoisotopic (exact) mass is 214 g/mol. The number of nitrogens with one attached hydrogen (secondary N) is 1. The topological polar surface area (TPSA) is 33.7 Å². The van der Waals surface area contributed by atoms with E-state index in [1.165, 1.54) is 26.2 Å². The molecular formula is C11H22N2O2. The van der Waals surface area contributed by atoms with Gasteiger partial charge in [0.1, 0.15) is 0 Å². The number of nitrogens with zero attached hydrogens (tertiary/aromatic N) is 1. The molecule has 0 aliphatic carbocycles. The number of hydrogen-bond donors (Lipinski definition) is 1. The van der Waals surface area contributed by atoms with Crippen molar-refractivity contribution in [1.82, 2.24) is 10.2 Å². The number of fused-ring (bicyclic) bond motifs is 1. The van der Waals surface area contributed by atoms with Gasteiger partial charge in [-0.2, -0.15) is 0 Å². The van der Waals surface area contributed by atoms with Crippen molar-refractivity contribution in [2.45, 2.75) is 0 Å². The summed E-state index contributed by atoms with van der Waals surface area (Å²) in [7, 11) is 1.71. The van der Waals surface area contributed by atoms with Crippen LogP contribution in [0.1, 0.15) is 0 Å². The Morgan fingerprint density at radius 3 is 2.53 bits per heavy atom. The highest BCUT2D eigenvalue weighted by atomic mass is 16.5. The predicted octanol–water partition coefficient (Wildman–Crippen LogP) is -0.199. The molecule has 1 N–H and O–H groups in total. The molecule has 2 aliphatic heterocycles. The molecule has 2 unspecified atom stereocenters. The van der Waals surface area contributed by atoms with Gasteiger partial charge in [0.15, 0.2) is 0 Å². The lowest BCUT2D eigenvalue weighted by Crippen LogP contribution is -2.29. The third-order valence-electron chi connectivity index (χ3n) is 3.45. The molecule has 2 saturated heterocycles. The highest BCUT2D eigenvalue weighted by Crippen LogP contribution is 2.25. The Labute approximate surface area is 91.9 Å². The summed E-state index contributed by atoms with van der Waals surface area (Å²) in [5.41, 5.74) is 0. The molecular weight excluding hydrogens is 192 g/mol. The van der Waals surface area contributed by atoms with Crippen molar-refractivity contribution >= 4 is 0 Å². The molecule has 2 fully saturated rings. The average molecular weight is 214 g/mol. The molecule has 4 nitrogen and oxygen atoms in total. The Bertz CT molecular complexity index is 177. The average Bonchev–Trinajstić information content (AvgIpc) is 2.77. The van der Waals surface area contributed by atoms with Crippen molar-refractivity contribution in [1.29, 1.82) is 0 Å². The van der Waals surface area contributed by atoms with Gasteiger partial charge in [-0.25, -0.2) is 0 Å². The summed E-state index contributed by atoms with van der Waals surface area (Å²) in [5.74, 6) is 1.79. The van der Waals surface area contributed by atoms with Gasteiger partial charge in [-0.15, -0.1) is 0 Å². The lowest BCUT2D eigenvalue weighted by Gasteiger charge is -2.16. The fourth-order valence-corrected chi connectivity index (χ4v) is 2.57. The molecule has 88 valence electrons. The Hall–Kier alpha value is -0.160. The number of ether oxygens (including phenoxy) is 2. The molecule has 2 aliphatic rings. The van der Waals surface area contributed by atoms with Gasteiger partial charge in [0, 0.05) is 26.7 Å². The molecule has 0 spiro atoms. The minimum atomic E-state index is 0.704. The summed E-state index contributed by atoms with van der Waals surface area (Å²) >= 11 is 0. The van der Waals surface area contributed by atoms with E-state index in [1.54, 1.807) is 7.11 Å². The maximum Gasteiger partial charge on any atom is 0.0700 e. The summed E-state index contributed by atoms with van der Waals surface area (Å²) in [5, 5.41) is 3.45. The van der Waals surface area contributed by atoms with Crippen LogP contribution in [0, 0.1) is 11.8 Å². The van der Waals surface area contributed by atoms with Crippen LogP contribution in [0.15, 0.2) is 0 Å². The van der Waals surface area contributed by atoms with Crippen LogP contribution in [0.5, 0.6) is 0 Å². The summed E-state index contributed by atoms with van der Waals surface area (Å²) in [6.45, 7) is 8.29. The lowest BCUT2D eigenvalue weighted by molar-refractivity contribution is 0.0594. The van der Waals surface area contributed by atoms with Gasteiger partial charge in [0.05, 0.1) is 19.8 Å². The van der Waals surface area contributed by atoms with E-state index in [2.05, 4.69) is 10.2 Å². The fraction of sp³-hybridized carbons (Fsp3) is 1.00. The maximum atomic E-state index is 5.48. The first-order valence-corrected chi connectivity index (χ1v) is 5.90. The number of methoxy groups -OCH3 is 1. The number of likely N-dealkylation sites (tertiary alicyclic amines) is 1. The largest absolute Gasteiger partial charge is 0.382 e. The Balaban J connectivity index is 1.53. The van der Waals surface area contributed by atoms with Crippen LogP contribution in [0.2, 0.25) is 0 Å². The Kier molecular flexibility index (Phi) is 4.38. The first kappa shape index (κ1) is 11.3. The summed E-state index contributed by atoms with van der Waals surface area (Å²) < 4.78 is 10.4. The lowest BCUT2D eigenvalue weighted by atomic mass is 10.0. The van der Waals surface area contributed by atoms with Gasteiger partial charge in [-0.05, 0) is 24.9 Å². The zero-order valence-corrected chi connectivity index (χ0v) is 9.58. The molecule has 0 saturated carbocycles. The first-order chi connectivity index (χ1) is 7.40. The van der Waals surface area contributed by atoms with Crippen molar-refractivity contribution < 1.29 is 9.47 Å². The molecule has 0 aromatic carbocycles. The Morgan fingerprint density at radius 2 is 1.87 bits per heavy atom. The standard InChI is InChI=1S/C11H22N2O2/c1-14-4-5-15-3-2-13-8-10-6-12-7-11(10)9-13/h10-12H,2-9H2,1H3. The van der Waals surface area contributed by atoms with E-state index in [-0.39, 0.29) is 0 Å². The molecule has 15 heavy (non-hydrogen) atoms. The molecule has 4 heteroatoms. The van der Waals surface area contributed by atoms with Gasteiger partial charge < -0.3 is 19.7 Å². The molecule has 2 atom stereocenters. The summed E-state index contributed by atoms with van der Waals surface area (Å²) in [4.78, 5) is 2.53. The van der Waals surface area contributed by atoms with E-state index in [0.29, 0.717) is 6.61 Å². The van der Waals surface area contributed by atoms with Crippen LogP contribution in [-0.2, 0) is 9.47 Å². The van der Waals surface area contributed by atoms with Crippen LogP contribution < -0.4 is 5.32 Å². The van der Waals surface area contributed by atoms with E-state index in [9.17, 15) is 0 Å². The van der Waals surface area contributed by atoms with E-state index in [1.807, 2.05) is 0 Å². The Morgan fingerprint density at radius 1 is 1.13 bits per heavy atom. The summed E-state index contributed by atoms with van der Waals surface area (Å²) in [6, 6.07) is 0. The van der Waals surface area contributed by atoms with Gasteiger partial charge in [-0.3, -0.25) is 0 Å². The fourth-order valence-electron chi connectivity index (χ4n) is 2.57. The van der Waals surface area contributed by atoms with Crippen LogP contribution in [0.4, 0.5) is 0 Å². The molecule has 0 aromatic heterocycles. The number of hydrogen-bond acceptors (Lipinski definition) is 4. The highest BCUT2D eigenvalue weighted by Gasteiger charge is 2.35. The van der Waals surface area contributed by atoms with Crippen molar-refractivity contribution in [2.75, 3.05) is 59.7 Å². The van der Waals surface area contributed by atoms with Crippen molar-refractivity contribution in [3.05, 3.63) is 0 Å². The van der Waals surface area contributed by atoms with Crippen LogP contribution >= 0.6 is 0 Å². The van der Waals surface area contributed by atoms with Crippen molar-refractivity contribution in [3.8, 4) is 0 Å².